The average Bonchev–Trinajstić information content (AvgIpc) is 3.24. The Balaban J connectivity index is 0.00000107. The monoisotopic (exact) mass is 434 g/mol. The second-order valence-corrected chi connectivity index (χ2v) is 7.73. The lowest BCUT2D eigenvalue weighted by molar-refractivity contribution is -0.135. The van der Waals surface area contributed by atoms with Crippen molar-refractivity contribution < 1.29 is 29.0 Å². The first-order valence-electron chi connectivity index (χ1n) is 10.3. The second-order valence-electron chi connectivity index (χ2n) is 7.73. The summed E-state index contributed by atoms with van der Waals surface area (Å²) in [4.78, 5) is 53.2. The summed E-state index contributed by atoms with van der Waals surface area (Å²) in [7, 11) is 3.28. The molecule has 3 rings (SSSR count). The third-order valence-corrected chi connectivity index (χ3v) is 5.45. The van der Waals surface area contributed by atoms with Gasteiger partial charge in [-0.15, -0.1) is 0 Å². The number of amides is 2. The predicted octanol–water partition coefficient (Wildman–Crippen LogP) is 0.632. The molecule has 2 saturated heterocycles. The minimum Gasteiger partial charge on any atom is -0.483 e. The Morgan fingerprint density at radius 2 is 1.87 bits per heavy atom. The largest absolute Gasteiger partial charge is 0.483 e. The number of nitrogens with one attached hydrogen (secondary N) is 1. The summed E-state index contributed by atoms with van der Waals surface area (Å²) in [5.74, 6) is -0.531. The molecule has 0 bridgehead atoms. The zero-order chi connectivity index (χ0) is 22.8. The molecule has 0 saturated carbocycles. The van der Waals surface area contributed by atoms with Gasteiger partial charge in [0.25, 0.3) is 12.4 Å². The Bertz CT molecular complexity index is 764. The molecule has 1 aromatic heterocycles. The predicted molar refractivity (Wildman–Crippen MR) is 112 cm³/mol. The van der Waals surface area contributed by atoms with Gasteiger partial charge in [0.1, 0.15) is 5.69 Å². The van der Waals surface area contributed by atoms with Crippen molar-refractivity contribution in [1.82, 2.24) is 20.1 Å². The highest BCUT2D eigenvalue weighted by Crippen LogP contribution is 2.21. The number of hydrogen-bond acceptors (Lipinski definition) is 7. The van der Waals surface area contributed by atoms with Crippen LogP contribution in [0.5, 0.6) is 0 Å². The molecule has 2 aliphatic heterocycles. The lowest BCUT2D eigenvalue weighted by Gasteiger charge is -2.24. The van der Waals surface area contributed by atoms with Gasteiger partial charge in [-0.3, -0.25) is 19.4 Å². The molecule has 0 radical (unpaired) electrons. The Hall–Kier alpha value is -3.01. The Kier molecular flexibility index (Phi) is 9.39. The molecule has 2 atom stereocenters. The van der Waals surface area contributed by atoms with Gasteiger partial charge < -0.3 is 25.0 Å². The fourth-order valence-corrected chi connectivity index (χ4v) is 3.95. The number of rotatable bonds is 4. The van der Waals surface area contributed by atoms with Crippen molar-refractivity contribution in [2.45, 2.75) is 31.7 Å². The van der Waals surface area contributed by atoms with E-state index in [0.717, 1.165) is 38.8 Å². The number of hydrogen-bond donors (Lipinski definition) is 2. The lowest BCUT2D eigenvalue weighted by atomic mass is 10.0. The van der Waals surface area contributed by atoms with E-state index in [-0.39, 0.29) is 35.9 Å². The zero-order valence-electron chi connectivity index (χ0n) is 18.0. The number of likely N-dealkylation sites (tertiary alicyclic amines) is 2. The maximum absolute atomic E-state index is 12.7. The van der Waals surface area contributed by atoms with E-state index in [1.165, 1.54) is 25.4 Å². The molecule has 0 spiro atoms. The van der Waals surface area contributed by atoms with Crippen molar-refractivity contribution in [3.63, 3.8) is 0 Å². The second kappa shape index (κ2) is 12.0. The molecular weight excluding hydrogens is 404 g/mol. The molecule has 10 heteroatoms. The number of aromatic nitrogens is 1. The zero-order valence-corrected chi connectivity index (χ0v) is 18.0. The smallest absolute Gasteiger partial charge is 0.339 e. The van der Waals surface area contributed by atoms with E-state index in [0.29, 0.717) is 18.7 Å². The van der Waals surface area contributed by atoms with Gasteiger partial charge in [-0.05, 0) is 44.9 Å². The number of carbonyl (C=O) groups is 4. The number of ether oxygens (including phenoxy) is 1. The van der Waals surface area contributed by atoms with Gasteiger partial charge in [0.2, 0.25) is 5.91 Å². The molecule has 2 aliphatic rings. The first kappa shape index (κ1) is 24.3. The molecule has 3 heterocycles. The van der Waals surface area contributed by atoms with Crippen molar-refractivity contribution in [2.75, 3.05) is 40.3 Å². The van der Waals surface area contributed by atoms with Crippen LogP contribution in [-0.2, 0) is 14.3 Å². The molecule has 0 aliphatic carbocycles. The normalized spacial score (nSPS) is 21.3. The number of likely N-dealkylation sites (N-methyl/N-ethyl adjacent to an activating group) is 1. The van der Waals surface area contributed by atoms with Crippen LogP contribution < -0.4 is 5.32 Å². The number of nitrogens with zero attached hydrogens (tertiary/aromatic N) is 3. The SMILES string of the molecule is COC(=O)c1ccc(C(=O)N[C@H]2CC[C@@H](C(=O)N3CCCC3)CN(C)C2)nc1.O=CO. The van der Waals surface area contributed by atoms with Gasteiger partial charge in [0, 0.05) is 38.4 Å². The third-order valence-electron chi connectivity index (χ3n) is 5.45. The highest BCUT2D eigenvalue weighted by molar-refractivity contribution is 5.94. The molecule has 2 N–H and O–H groups in total. The lowest BCUT2D eigenvalue weighted by Crippen LogP contribution is -2.42. The fourth-order valence-electron chi connectivity index (χ4n) is 3.95. The molecule has 170 valence electrons. The number of pyridine rings is 1. The van der Waals surface area contributed by atoms with Gasteiger partial charge in [0.15, 0.2) is 0 Å². The average molecular weight is 434 g/mol. The first-order chi connectivity index (χ1) is 14.9. The molecule has 10 nitrogen and oxygen atoms in total. The van der Waals surface area contributed by atoms with Crippen molar-refractivity contribution in [3.05, 3.63) is 29.6 Å². The Morgan fingerprint density at radius 1 is 1.19 bits per heavy atom. The van der Waals surface area contributed by atoms with Gasteiger partial charge in [-0.25, -0.2) is 4.79 Å². The maximum Gasteiger partial charge on any atom is 0.339 e. The van der Waals surface area contributed by atoms with Crippen LogP contribution >= 0.6 is 0 Å². The van der Waals surface area contributed by atoms with Gasteiger partial charge >= 0.3 is 5.97 Å². The molecule has 1 aromatic rings. The highest BCUT2D eigenvalue weighted by Gasteiger charge is 2.31. The van der Waals surface area contributed by atoms with Crippen LogP contribution in [0.25, 0.3) is 0 Å². The summed E-state index contributed by atoms with van der Waals surface area (Å²) in [5, 5.41) is 9.90. The van der Waals surface area contributed by atoms with Crippen molar-refractivity contribution in [1.29, 1.82) is 0 Å². The number of esters is 1. The minimum absolute atomic E-state index is 0.0116. The molecular formula is C21H30N4O6. The summed E-state index contributed by atoms with van der Waals surface area (Å²) in [6.45, 7) is 2.89. The Morgan fingerprint density at radius 3 is 2.45 bits per heavy atom. The quantitative estimate of drug-likeness (QED) is 0.522. The summed E-state index contributed by atoms with van der Waals surface area (Å²) in [6.07, 6.45) is 5.04. The van der Waals surface area contributed by atoms with Crippen LogP contribution in [0.15, 0.2) is 18.3 Å². The molecule has 0 unspecified atom stereocenters. The van der Waals surface area contributed by atoms with Gasteiger partial charge in [-0.1, -0.05) is 0 Å². The third kappa shape index (κ3) is 7.02. The fraction of sp³-hybridized carbons (Fsp3) is 0.571. The Labute approximate surface area is 181 Å². The van der Waals surface area contributed by atoms with E-state index < -0.39 is 5.97 Å². The van der Waals surface area contributed by atoms with Crippen molar-refractivity contribution in [3.8, 4) is 0 Å². The molecule has 31 heavy (non-hydrogen) atoms. The van der Waals surface area contributed by atoms with Crippen LogP contribution in [0.1, 0.15) is 46.5 Å². The van der Waals surface area contributed by atoms with E-state index in [1.807, 2.05) is 11.9 Å². The van der Waals surface area contributed by atoms with Crippen LogP contribution in [0.3, 0.4) is 0 Å². The van der Waals surface area contributed by atoms with E-state index >= 15 is 0 Å². The number of methoxy groups -OCH3 is 1. The van der Waals surface area contributed by atoms with Crippen LogP contribution in [0.2, 0.25) is 0 Å². The molecule has 2 amide bonds. The van der Waals surface area contributed by atoms with Crippen LogP contribution in [-0.4, -0.2) is 90.5 Å². The number of carboxylic acid groups (broad SMARTS) is 1. The summed E-state index contributed by atoms with van der Waals surface area (Å²) in [5.41, 5.74) is 0.556. The standard InChI is InChI=1S/C20H28N4O4.CH2O2/c1-23-12-15(19(26)24-9-3-4-10-24)5-7-16(13-23)22-18(25)17-8-6-14(11-21-17)20(27)28-2;2-1-3/h6,8,11,15-16H,3-5,7,9-10,12-13H2,1-2H3,(H,22,25);1H,(H,2,3)/t15-,16+;/m1./s1. The van der Waals surface area contributed by atoms with Gasteiger partial charge in [0.05, 0.1) is 18.6 Å². The first-order valence-corrected chi connectivity index (χ1v) is 10.3. The maximum atomic E-state index is 12.7. The summed E-state index contributed by atoms with van der Waals surface area (Å²) in [6, 6.07) is 3.00. The summed E-state index contributed by atoms with van der Waals surface area (Å²) >= 11 is 0. The van der Waals surface area contributed by atoms with E-state index in [4.69, 9.17) is 9.90 Å². The van der Waals surface area contributed by atoms with Crippen LogP contribution in [0, 0.1) is 5.92 Å². The minimum atomic E-state index is -0.487. The number of carbonyl (C=O) groups excluding carboxylic acids is 3. The van der Waals surface area contributed by atoms with Gasteiger partial charge in [-0.2, -0.15) is 0 Å². The van der Waals surface area contributed by atoms with Crippen LogP contribution in [0.4, 0.5) is 0 Å². The van der Waals surface area contributed by atoms with E-state index in [2.05, 4.69) is 19.9 Å². The van der Waals surface area contributed by atoms with Crippen molar-refractivity contribution >= 4 is 24.3 Å². The summed E-state index contributed by atoms with van der Waals surface area (Å²) < 4.78 is 4.63. The molecule has 0 aromatic carbocycles. The molecule has 2 fully saturated rings. The topological polar surface area (TPSA) is 129 Å². The van der Waals surface area contributed by atoms with Crippen molar-refractivity contribution in [2.24, 2.45) is 5.92 Å². The van der Waals surface area contributed by atoms with E-state index in [1.54, 1.807) is 0 Å². The highest BCUT2D eigenvalue weighted by atomic mass is 16.5. The van der Waals surface area contributed by atoms with E-state index in [9.17, 15) is 14.4 Å².